The number of hydrogen-bond donors (Lipinski definition) is 0. The van der Waals surface area contributed by atoms with Crippen LogP contribution in [0.25, 0.3) is 0 Å². The van der Waals surface area contributed by atoms with Gasteiger partial charge in [0.2, 0.25) is 5.97 Å². The van der Waals surface area contributed by atoms with Crippen LogP contribution in [0.1, 0.15) is 38.1 Å². The molecule has 0 saturated carbocycles. The Kier molecular flexibility index (Phi) is 10.6. The van der Waals surface area contributed by atoms with Crippen molar-refractivity contribution in [1.29, 1.82) is 0 Å². The molecular formula is C14H17ClO4Zn. The summed E-state index contributed by atoms with van der Waals surface area (Å²) in [5, 5.41) is 10.3. The Labute approximate surface area is 137 Å². The smallest absolute Gasteiger partial charge is 0.550 e. The zero-order chi connectivity index (χ0) is 15.1. The number of benzene rings is 1. The van der Waals surface area contributed by atoms with Gasteiger partial charge in [-0.1, -0.05) is 26.3 Å². The van der Waals surface area contributed by atoms with Gasteiger partial charge in [0.05, 0.1) is 6.61 Å². The Bertz CT molecular complexity index is 441. The molecule has 0 aliphatic rings. The van der Waals surface area contributed by atoms with Crippen LogP contribution in [-0.2, 0) is 29.0 Å². The van der Waals surface area contributed by atoms with E-state index in [1.165, 1.54) is 0 Å². The minimum atomic E-state index is -1.01. The molecule has 0 aliphatic heterocycles. The normalized spacial score (nSPS) is 9.65. The molecule has 106 valence electrons. The predicted molar refractivity (Wildman–Crippen MR) is 70.7 cm³/mol. The zero-order valence-electron chi connectivity index (χ0n) is 12.2. The third kappa shape index (κ3) is 9.05. The number of halogens is 1. The van der Waals surface area contributed by atoms with E-state index in [-0.39, 0.29) is 25.4 Å². The molecule has 0 bridgehead atoms. The van der Waals surface area contributed by atoms with Crippen molar-refractivity contribution in [3.8, 4) is 0 Å². The number of aliphatic carboxylic acids is 1. The van der Waals surface area contributed by atoms with E-state index in [9.17, 15) is 14.7 Å². The van der Waals surface area contributed by atoms with Crippen LogP contribution in [0, 0.1) is 11.5 Å². The number of hydrogen-bond acceptors (Lipinski definition) is 4. The van der Waals surface area contributed by atoms with E-state index in [2.05, 4.69) is 6.07 Å². The SMILES string of the molecule is CC(C)(C)C(=O)[O-].CCOC(=O)c1[c-]c(Cl)ccc1.[Zn+2]. The summed E-state index contributed by atoms with van der Waals surface area (Å²) in [6, 6.07) is 7.64. The van der Waals surface area contributed by atoms with Crippen molar-refractivity contribution < 1.29 is 38.9 Å². The molecule has 0 saturated heterocycles. The van der Waals surface area contributed by atoms with E-state index in [0.29, 0.717) is 17.2 Å². The summed E-state index contributed by atoms with van der Waals surface area (Å²) in [5.41, 5.74) is -0.329. The van der Waals surface area contributed by atoms with Gasteiger partial charge >= 0.3 is 19.5 Å². The van der Waals surface area contributed by atoms with Gasteiger partial charge in [-0.15, -0.1) is 35.9 Å². The maximum absolute atomic E-state index is 11.1. The van der Waals surface area contributed by atoms with Crippen molar-refractivity contribution in [3.63, 3.8) is 0 Å². The minimum absolute atomic E-state index is 0. The Balaban J connectivity index is 0. The van der Waals surface area contributed by atoms with Crippen molar-refractivity contribution in [3.05, 3.63) is 34.9 Å². The van der Waals surface area contributed by atoms with Gasteiger partial charge in [0.15, 0.2) is 0 Å². The second-order valence-electron chi connectivity index (χ2n) is 4.67. The topological polar surface area (TPSA) is 66.4 Å². The third-order valence-electron chi connectivity index (χ3n) is 1.87. The molecule has 4 nitrogen and oxygen atoms in total. The molecule has 0 N–H and O–H groups in total. The molecule has 0 spiro atoms. The summed E-state index contributed by atoms with van der Waals surface area (Å²) in [5.74, 6) is -1.40. The molecule has 1 rings (SSSR count). The summed E-state index contributed by atoms with van der Waals surface area (Å²) in [4.78, 5) is 21.0. The molecular weight excluding hydrogens is 333 g/mol. The number of carboxylic acids is 1. The van der Waals surface area contributed by atoms with Crippen LogP contribution in [-0.4, -0.2) is 18.5 Å². The molecule has 20 heavy (non-hydrogen) atoms. The van der Waals surface area contributed by atoms with E-state index < -0.39 is 11.4 Å². The molecule has 0 aromatic heterocycles. The van der Waals surface area contributed by atoms with Crippen LogP contribution in [0.4, 0.5) is 0 Å². The molecule has 0 amide bonds. The molecule has 0 atom stereocenters. The van der Waals surface area contributed by atoms with Gasteiger partial charge in [0.25, 0.3) is 0 Å². The van der Waals surface area contributed by atoms with E-state index in [0.717, 1.165) is 0 Å². The summed E-state index contributed by atoms with van der Waals surface area (Å²) >= 11 is 5.63. The number of carboxylic acid groups (broad SMARTS) is 1. The molecule has 1 aromatic carbocycles. The van der Waals surface area contributed by atoms with Gasteiger partial charge in [-0.2, -0.15) is 0 Å². The standard InChI is InChI=1S/C9H8ClO2.C5H10O2.Zn/c1-2-12-9(11)7-4-3-5-8(10)6-7;1-5(2,3)4(6)7;/h3-5H,2H2,1H3;1-3H3,(H,6,7);/q-1;;+2/p-1. The Morgan fingerprint density at radius 3 is 2.20 bits per heavy atom. The van der Waals surface area contributed by atoms with E-state index >= 15 is 0 Å². The van der Waals surface area contributed by atoms with Gasteiger partial charge < -0.3 is 19.4 Å². The van der Waals surface area contributed by atoms with Crippen LogP contribution in [0.5, 0.6) is 0 Å². The van der Waals surface area contributed by atoms with Crippen molar-refractivity contribution in [2.24, 2.45) is 5.41 Å². The number of esters is 1. The maximum Gasteiger partial charge on any atom is 2.00 e. The third-order valence-corrected chi connectivity index (χ3v) is 2.09. The maximum atomic E-state index is 11.1. The molecule has 0 fully saturated rings. The van der Waals surface area contributed by atoms with Crippen molar-refractivity contribution in [2.75, 3.05) is 6.61 Å². The summed E-state index contributed by atoms with van der Waals surface area (Å²) in [7, 11) is 0. The van der Waals surface area contributed by atoms with E-state index in [1.54, 1.807) is 45.9 Å². The van der Waals surface area contributed by atoms with Gasteiger partial charge in [0, 0.05) is 11.4 Å². The van der Waals surface area contributed by atoms with E-state index in [4.69, 9.17) is 16.3 Å². The van der Waals surface area contributed by atoms with Crippen LogP contribution < -0.4 is 5.11 Å². The average molecular weight is 350 g/mol. The predicted octanol–water partition coefficient (Wildman–Crippen LogP) is 2.10. The van der Waals surface area contributed by atoms with Crippen LogP contribution in [0.2, 0.25) is 5.02 Å². The quantitative estimate of drug-likeness (QED) is 0.466. The zero-order valence-corrected chi connectivity index (χ0v) is 15.9. The second kappa shape index (κ2) is 9.90. The minimum Gasteiger partial charge on any atom is -0.550 e. The first-order chi connectivity index (χ1) is 8.68. The summed E-state index contributed by atoms with van der Waals surface area (Å²) < 4.78 is 4.75. The fourth-order valence-electron chi connectivity index (χ4n) is 0.769. The number of carbonyl (C=O) groups is 2. The Hall–Kier alpha value is -0.927. The number of rotatable bonds is 2. The monoisotopic (exact) mass is 348 g/mol. The van der Waals surface area contributed by atoms with Gasteiger partial charge in [-0.25, -0.2) is 0 Å². The van der Waals surface area contributed by atoms with Gasteiger partial charge in [-0.3, -0.25) is 0 Å². The molecule has 1 aromatic rings. The molecule has 0 heterocycles. The first-order valence-electron chi connectivity index (χ1n) is 5.75. The first kappa shape index (κ1) is 21.4. The Morgan fingerprint density at radius 1 is 1.35 bits per heavy atom. The molecule has 0 radical (unpaired) electrons. The van der Waals surface area contributed by atoms with Crippen LogP contribution in [0.15, 0.2) is 18.2 Å². The van der Waals surface area contributed by atoms with Gasteiger partial charge in [0.1, 0.15) is 0 Å². The van der Waals surface area contributed by atoms with E-state index in [1.807, 2.05) is 0 Å². The van der Waals surface area contributed by atoms with Crippen LogP contribution >= 0.6 is 11.6 Å². The largest absolute Gasteiger partial charge is 2.00 e. The molecule has 6 heteroatoms. The van der Waals surface area contributed by atoms with Gasteiger partial charge in [-0.05, 0) is 11.9 Å². The average Bonchev–Trinajstić information content (AvgIpc) is 2.29. The fraction of sp³-hybridized carbons (Fsp3) is 0.429. The fourth-order valence-corrected chi connectivity index (χ4v) is 0.943. The number of carbonyl (C=O) groups excluding carboxylic acids is 2. The summed E-state index contributed by atoms with van der Waals surface area (Å²) in [6.45, 7) is 6.91. The van der Waals surface area contributed by atoms with Crippen molar-refractivity contribution in [1.82, 2.24) is 0 Å². The Morgan fingerprint density at radius 2 is 1.85 bits per heavy atom. The second-order valence-corrected chi connectivity index (χ2v) is 5.08. The van der Waals surface area contributed by atoms with Crippen molar-refractivity contribution >= 4 is 23.5 Å². The van der Waals surface area contributed by atoms with Crippen molar-refractivity contribution in [2.45, 2.75) is 27.7 Å². The first-order valence-corrected chi connectivity index (χ1v) is 6.12. The molecule has 0 unspecified atom stereocenters. The molecule has 0 aliphatic carbocycles. The number of ether oxygens (including phenoxy) is 1. The van der Waals surface area contributed by atoms with Crippen LogP contribution in [0.3, 0.4) is 0 Å². The summed E-state index contributed by atoms with van der Waals surface area (Å²) in [6.07, 6.45) is 0.